The molecule has 78 valence electrons. The Labute approximate surface area is 94.0 Å². The fraction of sp³-hybridized carbons (Fsp3) is 0.417. The van der Waals surface area contributed by atoms with Crippen molar-refractivity contribution in [1.82, 2.24) is 0 Å². The number of halogens is 1. The number of fused-ring (bicyclic) bond motifs is 1. The van der Waals surface area contributed by atoms with Gasteiger partial charge in [0.1, 0.15) is 0 Å². The zero-order valence-electron chi connectivity index (χ0n) is 8.59. The number of nitrogens with zero attached hydrogens (tertiary/aromatic N) is 1. The highest BCUT2D eigenvalue weighted by atomic mass is 35.5. The molecule has 0 amide bonds. The van der Waals surface area contributed by atoms with Gasteiger partial charge in [0.15, 0.2) is 0 Å². The molecule has 0 radical (unpaired) electrons. The van der Waals surface area contributed by atoms with Gasteiger partial charge in [-0.2, -0.15) is 4.99 Å². The van der Waals surface area contributed by atoms with Crippen molar-refractivity contribution in [3.05, 3.63) is 34.3 Å². The van der Waals surface area contributed by atoms with Gasteiger partial charge in [0.25, 0.3) is 0 Å². The molecule has 0 fully saturated rings. The molecule has 3 heteroatoms. The SMILES string of the molecule is CC1(N=C=O)CCCc2ccc(Cl)cc21. The summed E-state index contributed by atoms with van der Waals surface area (Å²) in [5.41, 5.74) is 1.89. The van der Waals surface area contributed by atoms with E-state index < -0.39 is 5.54 Å². The Morgan fingerprint density at radius 1 is 1.53 bits per heavy atom. The third-order valence-electron chi connectivity index (χ3n) is 3.05. The minimum absolute atomic E-state index is 0.430. The van der Waals surface area contributed by atoms with Crippen LogP contribution in [-0.2, 0) is 16.8 Å². The fourth-order valence-electron chi connectivity index (χ4n) is 2.24. The Hall–Kier alpha value is -1.11. The number of hydrogen-bond donors (Lipinski definition) is 0. The first-order valence-corrected chi connectivity index (χ1v) is 5.41. The molecular formula is C12H12ClNO. The predicted molar refractivity (Wildman–Crippen MR) is 59.9 cm³/mol. The van der Waals surface area contributed by atoms with Gasteiger partial charge in [-0.25, -0.2) is 4.79 Å². The molecule has 1 aliphatic carbocycles. The number of carbonyl (C=O) groups excluding carboxylic acids is 1. The summed E-state index contributed by atoms with van der Waals surface area (Å²) >= 11 is 5.96. The molecule has 15 heavy (non-hydrogen) atoms. The minimum atomic E-state index is -0.430. The Morgan fingerprint density at radius 2 is 2.33 bits per heavy atom. The monoisotopic (exact) mass is 221 g/mol. The lowest BCUT2D eigenvalue weighted by molar-refractivity contribution is 0.408. The van der Waals surface area contributed by atoms with Gasteiger partial charge in [0, 0.05) is 5.02 Å². The molecule has 0 spiro atoms. The molecule has 2 rings (SSSR count). The molecule has 0 aromatic heterocycles. The lowest BCUT2D eigenvalue weighted by Crippen LogP contribution is -2.25. The van der Waals surface area contributed by atoms with Crippen LogP contribution in [0.15, 0.2) is 23.2 Å². The second-order valence-electron chi connectivity index (χ2n) is 4.13. The van der Waals surface area contributed by atoms with Crippen LogP contribution in [0.1, 0.15) is 30.9 Å². The maximum atomic E-state index is 10.4. The number of aliphatic imine (C=N–C) groups is 1. The molecule has 1 atom stereocenters. The van der Waals surface area contributed by atoms with E-state index in [1.165, 1.54) is 5.56 Å². The van der Waals surface area contributed by atoms with Crippen LogP contribution in [0.25, 0.3) is 0 Å². The maximum Gasteiger partial charge on any atom is 0.235 e. The normalized spacial score (nSPS) is 24.1. The summed E-state index contributed by atoms with van der Waals surface area (Å²) in [6.45, 7) is 1.96. The zero-order chi connectivity index (χ0) is 10.9. The first-order chi connectivity index (χ1) is 7.15. The van der Waals surface area contributed by atoms with E-state index in [2.05, 4.69) is 4.99 Å². The maximum absolute atomic E-state index is 10.4. The number of hydrogen-bond acceptors (Lipinski definition) is 2. The second-order valence-corrected chi connectivity index (χ2v) is 4.57. The molecule has 0 aliphatic heterocycles. The van der Waals surface area contributed by atoms with E-state index in [4.69, 9.17) is 11.6 Å². The summed E-state index contributed by atoms with van der Waals surface area (Å²) in [6, 6.07) is 5.82. The van der Waals surface area contributed by atoms with E-state index >= 15 is 0 Å². The van der Waals surface area contributed by atoms with Gasteiger partial charge >= 0.3 is 0 Å². The Balaban J connectivity index is 2.58. The summed E-state index contributed by atoms with van der Waals surface area (Å²) in [4.78, 5) is 14.4. The van der Waals surface area contributed by atoms with Gasteiger partial charge in [-0.3, -0.25) is 0 Å². The molecule has 0 saturated carbocycles. The van der Waals surface area contributed by atoms with Crippen LogP contribution in [0.4, 0.5) is 0 Å². The standard InChI is InChI=1S/C12H12ClNO/c1-12(14-8-15)6-2-3-9-4-5-10(13)7-11(9)12/h4-5,7H,2-3,6H2,1H3. The van der Waals surface area contributed by atoms with E-state index in [1.807, 2.05) is 25.1 Å². The highest BCUT2D eigenvalue weighted by Crippen LogP contribution is 2.39. The summed E-state index contributed by atoms with van der Waals surface area (Å²) in [7, 11) is 0. The van der Waals surface area contributed by atoms with Crippen LogP contribution in [-0.4, -0.2) is 6.08 Å². The van der Waals surface area contributed by atoms with Crippen molar-refractivity contribution in [2.45, 2.75) is 31.7 Å². The molecule has 0 saturated heterocycles. The van der Waals surface area contributed by atoms with Crippen LogP contribution < -0.4 is 0 Å². The van der Waals surface area contributed by atoms with Gasteiger partial charge in [-0.1, -0.05) is 17.7 Å². The number of aryl methyl sites for hydroxylation is 1. The van der Waals surface area contributed by atoms with Gasteiger partial charge < -0.3 is 0 Å². The summed E-state index contributed by atoms with van der Waals surface area (Å²) in [6.07, 6.45) is 4.64. The van der Waals surface area contributed by atoms with Crippen molar-refractivity contribution in [2.24, 2.45) is 4.99 Å². The van der Waals surface area contributed by atoms with Crippen LogP contribution in [0.3, 0.4) is 0 Å². The van der Waals surface area contributed by atoms with E-state index in [1.54, 1.807) is 6.08 Å². The average molecular weight is 222 g/mol. The highest BCUT2D eigenvalue weighted by Gasteiger charge is 2.31. The number of benzene rings is 1. The van der Waals surface area contributed by atoms with Gasteiger partial charge in [-0.05, 0) is 49.4 Å². The van der Waals surface area contributed by atoms with E-state index in [0.29, 0.717) is 5.02 Å². The lowest BCUT2D eigenvalue weighted by atomic mass is 9.78. The van der Waals surface area contributed by atoms with Crippen molar-refractivity contribution >= 4 is 17.7 Å². The number of isocyanates is 1. The molecule has 1 aliphatic rings. The predicted octanol–water partition coefficient (Wildman–Crippen LogP) is 3.23. The first kappa shape index (κ1) is 10.4. The first-order valence-electron chi connectivity index (χ1n) is 5.04. The van der Waals surface area contributed by atoms with Crippen molar-refractivity contribution < 1.29 is 4.79 Å². The molecule has 0 heterocycles. The van der Waals surface area contributed by atoms with Crippen LogP contribution in [0, 0.1) is 0 Å². The quantitative estimate of drug-likeness (QED) is 0.529. The molecule has 2 nitrogen and oxygen atoms in total. The summed E-state index contributed by atoms with van der Waals surface area (Å²) in [5.74, 6) is 0. The molecule has 0 N–H and O–H groups in total. The van der Waals surface area contributed by atoms with Crippen molar-refractivity contribution in [1.29, 1.82) is 0 Å². The Bertz CT molecular complexity index is 437. The lowest BCUT2D eigenvalue weighted by Gasteiger charge is -2.31. The topological polar surface area (TPSA) is 29.4 Å². The van der Waals surface area contributed by atoms with Crippen molar-refractivity contribution in [3.8, 4) is 0 Å². The largest absolute Gasteiger partial charge is 0.235 e. The highest BCUT2D eigenvalue weighted by molar-refractivity contribution is 6.30. The minimum Gasteiger partial charge on any atom is -0.211 e. The van der Waals surface area contributed by atoms with E-state index in [-0.39, 0.29) is 0 Å². The van der Waals surface area contributed by atoms with Crippen LogP contribution in [0.5, 0.6) is 0 Å². The molecule has 0 bridgehead atoms. The fourth-order valence-corrected chi connectivity index (χ4v) is 2.41. The Morgan fingerprint density at radius 3 is 3.07 bits per heavy atom. The van der Waals surface area contributed by atoms with Gasteiger partial charge in [0.2, 0.25) is 6.08 Å². The van der Waals surface area contributed by atoms with E-state index in [9.17, 15) is 4.79 Å². The summed E-state index contributed by atoms with van der Waals surface area (Å²) < 4.78 is 0. The van der Waals surface area contributed by atoms with Crippen LogP contribution >= 0.6 is 11.6 Å². The Kier molecular flexibility index (Phi) is 2.64. The van der Waals surface area contributed by atoms with Gasteiger partial charge in [0.05, 0.1) is 5.54 Å². The molecule has 1 aromatic rings. The van der Waals surface area contributed by atoms with E-state index in [0.717, 1.165) is 24.8 Å². The van der Waals surface area contributed by atoms with Crippen molar-refractivity contribution in [2.75, 3.05) is 0 Å². The second kappa shape index (κ2) is 3.80. The number of rotatable bonds is 1. The van der Waals surface area contributed by atoms with Gasteiger partial charge in [-0.15, -0.1) is 0 Å². The third kappa shape index (κ3) is 1.83. The zero-order valence-corrected chi connectivity index (χ0v) is 9.34. The molecule has 1 aromatic carbocycles. The summed E-state index contributed by atoms with van der Waals surface area (Å²) in [5, 5.41) is 0.697. The van der Waals surface area contributed by atoms with Crippen LogP contribution in [0.2, 0.25) is 5.02 Å². The van der Waals surface area contributed by atoms with Crippen molar-refractivity contribution in [3.63, 3.8) is 0 Å². The smallest absolute Gasteiger partial charge is 0.211 e. The third-order valence-corrected chi connectivity index (χ3v) is 3.29. The average Bonchev–Trinajstić information content (AvgIpc) is 2.20. The molecular weight excluding hydrogens is 210 g/mol. The molecule has 1 unspecified atom stereocenters.